The molecule has 3 aromatic rings. The largest absolute Gasteiger partial charge is 0.758 e. The van der Waals surface area contributed by atoms with Gasteiger partial charge in [0.25, 0.3) is 0 Å². The first-order chi connectivity index (χ1) is 11.7. The van der Waals surface area contributed by atoms with Crippen molar-refractivity contribution in [3.05, 3.63) is 59.2 Å². The van der Waals surface area contributed by atoms with E-state index in [2.05, 4.69) is 15.6 Å². The molecule has 1 saturated carbocycles. The van der Waals surface area contributed by atoms with Crippen LogP contribution in [0, 0.1) is 12.1 Å². The highest BCUT2D eigenvalue weighted by molar-refractivity contribution is 5.89. The third kappa shape index (κ3) is 2.66. The number of aliphatic hydroxyl groups excluding tert-OH is 1. The Labute approximate surface area is 140 Å². The molecule has 0 radical (unpaired) electrons. The molecule has 0 bridgehead atoms. The Morgan fingerprint density at radius 2 is 2.12 bits per heavy atom. The van der Waals surface area contributed by atoms with Gasteiger partial charge in [-0.3, -0.25) is 4.98 Å². The van der Waals surface area contributed by atoms with E-state index < -0.39 is 0 Å². The molecule has 2 aromatic heterocycles. The number of anilines is 1. The second-order valence-corrected chi connectivity index (χ2v) is 6.42. The van der Waals surface area contributed by atoms with Crippen LogP contribution in [-0.4, -0.2) is 27.8 Å². The van der Waals surface area contributed by atoms with Gasteiger partial charge in [0, 0.05) is 29.5 Å². The van der Waals surface area contributed by atoms with Crippen molar-refractivity contribution in [2.45, 2.75) is 25.7 Å². The molecule has 124 valence electrons. The highest BCUT2D eigenvalue weighted by Crippen LogP contribution is 2.45. The predicted molar refractivity (Wildman–Crippen MR) is 95.6 cm³/mol. The van der Waals surface area contributed by atoms with Crippen LogP contribution in [-0.2, 0) is 0 Å². The van der Waals surface area contributed by atoms with Crippen molar-refractivity contribution in [3.8, 4) is 5.69 Å². The van der Waals surface area contributed by atoms with Crippen LogP contribution in [0.1, 0.15) is 30.0 Å². The zero-order valence-electron chi connectivity index (χ0n) is 13.6. The molecular formula is C19H20N3O2-. The van der Waals surface area contributed by atoms with Gasteiger partial charge in [-0.25, -0.2) is 0 Å². The minimum Gasteiger partial charge on any atom is -0.758 e. The van der Waals surface area contributed by atoms with E-state index in [-0.39, 0.29) is 13.2 Å². The fourth-order valence-electron chi connectivity index (χ4n) is 3.19. The van der Waals surface area contributed by atoms with E-state index in [1.807, 2.05) is 43.6 Å². The summed E-state index contributed by atoms with van der Waals surface area (Å²) in [4.78, 5) is 4.40. The zero-order valence-corrected chi connectivity index (χ0v) is 13.6. The lowest BCUT2D eigenvalue weighted by molar-refractivity contribution is 0.305. The van der Waals surface area contributed by atoms with E-state index in [9.17, 15) is 5.21 Å². The molecule has 0 spiro atoms. The van der Waals surface area contributed by atoms with Crippen molar-refractivity contribution in [2.24, 2.45) is 0 Å². The Morgan fingerprint density at radius 1 is 1.29 bits per heavy atom. The van der Waals surface area contributed by atoms with Crippen molar-refractivity contribution < 1.29 is 5.11 Å². The van der Waals surface area contributed by atoms with Gasteiger partial charge in [-0.2, -0.15) is 0 Å². The maximum atomic E-state index is 12.1. The summed E-state index contributed by atoms with van der Waals surface area (Å²) in [5, 5.41) is 23.1. The van der Waals surface area contributed by atoms with E-state index in [0.717, 1.165) is 40.2 Å². The maximum Gasteiger partial charge on any atom is 0.0639 e. The highest BCUT2D eigenvalue weighted by atomic mass is 16.5. The Balaban J connectivity index is 1.87. The quantitative estimate of drug-likeness (QED) is 0.730. The number of fused-ring (bicyclic) bond motifs is 1. The lowest BCUT2D eigenvalue weighted by Crippen LogP contribution is -2.19. The lowest BCUT2D eigenvalue weighted by atomic mass is 10.1. The average Bonchev–Trinajstić information content (AvgIpc) is 3.34. The molecule has 4 rings (SSSR count). The van der Waals surface area contributed by atoms with Crippen LogP contribution in [0.25, 0.3) is 16.6 Å². The van der Waals surface area contributed by atoms with Crippen LogP contribution < -0.4 is 5.06 Å². The first-order valence-electron chi connectivity index (χ1n) is 8.31. The Hall–Kier alpha value is -2.37. The average molecular weight is 322 g/mol. The van der Waals surface area contributed by atoms with Gasteiger partial charge < -0.3 is 19.9 Å². The van der Waals surface area contributed by atoms with E-state index in [1.54, 1.807) is 0 Å². The first kappa shape index (κ1) is 15.2. The standard InChI is InChI=1S/C19H20N3O2/c1-13-2-5-16(12-20-13)21-7-6-15-10-17(22(24)8-9-23)11-18(19(15)21)14-3-4-14/h2,5-7,10-12,14,23H,3-4,8-9H2,1H3/q-1. The second kappa shape index (κ2) is 5.92. The smallest absolute Gasteiger partial charge is 0.0639 e. The molecule has 5 heteroatoms. The minimum absolute atomic E-state index is 0.0954. The molecule has 0 unspecified atom stereocenters. The third-order valence-electron chi connectivity index (χ3n) is 4.58. The summed E-state index contributed by atoms with van der Waals surface area (Å²) in [5.41, 5.74) is 5.01. The number of nitrogens with zero attached hydrogens (tertiary/aromatic N) is 3. The summed E-state index contributed by atoms with van der Waals surface area (Å²) >= 11 is 0. The van der Waals surface area contributed by atoms with E-state index in [4.69, 9.17) is 5.11 Å². The number of aliphatic hydroxyl groups is 1. The molecule has 1 aliphatic rings. The summed E-state index contributed by atoms with van der Waals surface area (Å²) in [6.45, 7) is 1.93. The molecule has 2 heterocycles. The van der Waals surface area contributed by atoms with Gasteiger partial charge in [-0.15, -0.1) is 0 Å². The number of benzene rings is 1. The van der Waals surface area contributed by atoms with Gasteiger partial charge in [0.1, 0.15) is 0 Å². The highest BCUT2D eigenvalue weighted by Gasteiger charge is 2.27. The Morgan fingerprint density at radius 3 is 2.79 bits per heavy atom. The third-order valence-corrected chi connectivity index (χ3v) is 4.58. The van der Waals surface area contributed by atoms with Gasteiger partial charge in [0.15, 0.2) is 0 Å². The fraction of sp³-hybridized carbons (Fsp3) is 0.316. The van der Waals surface area contributed by atoms with Gasteiger partial charge in [0.05, 0.1) is 24.0 Å². The van der Waals surface area contributed by atoms with Crippen LogP contribution in [0.3, 0.4) is 0 Å². The minimum atomic E-state index is -0.143. The molecular weight excluding hydrogens is 302 g/mol. The van der Waals surface area contributed by atoms with Crippen molar-refractivity contribution in [1.82, 2.24) is 9.55 Å². The van der Waals surface area contributed by atoms with Crippen molar-refractivity contribution in [1.29, 1.82) is 0 Å². The summed E-state index contributed by atoms with van der Waals surface area (Å²) in [6, 6.07) is 10.0. The number of rotatable bonds is 5. The number of hydroxylamine groups is 1. The van der Waals surface area contributed by atoms with Crippen molar-refractivity contribution in [2.75, 3.05) is 18.2 Å². The molecule has 0 aliphatic heterocycles. The number of hydrogen-bond donors (Lipinski definition) is 1. The van der Waals surface area contributed by atoms with Gasteiger partial charge in [-0.1, -0.05) is 0 Å². The number of aromatic nitrogens is 2. The molecule has 1 aromatic carbocycles. The van der Waals surface area contributed by atoms with Crippen molar-refractivity contribution >= 4 is 16.6 Å². The Kier molecular flexibility index (Phi) is 3.75. The SMILES string of the molecule is Cc1ccc(-n2ccc3cc(N([O-])CCO)cc(C4CC4)c32)cn1. The Bertz CT molecular complexity index is 866. The van der Waals surface area contributed by atoms with Gasteiger partial charge >= 0.3 is 0 Å². The molecule has 1 N–H and O–H groups in total. The molecule has 1 aliphatic carbocycles. The topological polar surface area (TPSA) is 64.3 Å². The number of hydrogen-bond acceptors (Lipinski definition) is 4. The van der Waals surface area contributed by atoms with Crippen LogP contribution in [0.5, 0.6) is 0 Å². The summed E-state index contributed by atoms with van der Waals surface area (Å²) in [5.74, 6) is 0.516. The zero-order chi connectivity index (χ0) is 16.7. The van der Waals surface area contributed by atoms with E-state index in [0.29, 0.717) is 11.6 Å². The fourth-order valence-corrected chi connectivity index (χ4v) is 3.19. The summed E-state index contributed by atoms with van der Waals surface area (Å²) < 4.78 is 2.15. The molecule has 0 amide bonds. The van der Waals surface area contributed by atoms with Gasteiger partial charge in [0.2, 0.25) is 0 Å². The van der Waals surface area contributed by atoms with Gasteiger partial charge in [-0.05, 0) is 61.6 Å². The van der Waals surface area contributed by atoms with Crippen LogP contribution in [0.15, 0.2) is 42.7 Å². The number of aryl methyl sites for hydroxylation is 1. The first-order valence-corrected chi connectivity index (χ1v) is 8.31. The molecule has 1 fully saturated rings. The summed E-state index contributed by atoms with van der Waals surface area (Å²) in [6.07, 6.45) is 6.24. The monoisotopic (exact) mass is 322 g/mol. The summed E-state index contributed by atoms with van der Waals surface area (Å²) in [7, 11) is 0. The molecule has 0 saturated heterocycles. The molecule has 24 heavy (non-hydrogen) atoms. The van der Waals surface area contributed by atoms with Crippen LogP contribution in [0.4, 0.5) is 5.69 Å². The molecule has 0 atom stereocenters. The lowest BCUT2D eigenvalue weighted by Gasteiger charge is -2.30. The number of pyridine rings is 1. The molecule has 5 nitrogen and oxygen atoms in total. The normalized spacial score (nSPS) is 14.3. The van der Waals surface area contributed by atoms with Crippen LogP contribution >= 0.6 is 0 Å². The van der Waals surface area contributed by atoms with E-state index >= 15 is 0 Å². The van der Waals surface area contributed by atoms with Crippen LogP contribution in [0.2, 0.25) is 0 Å². The second-order valence-electron chi connectivity index (χ2n) is 6.42. The van der Waals surface area contributed by atoms with E-state index in [1.165, 1.54) is 5.56 Å². The maximum absolute atomic E-state index is 12.1. The van der Waals surface area contributed by atoms with Crippen molar-refractivity contribution in [3.63, 3.8) is 0 Å². The predicted octanol–water partition coefficient (Wildman–Crippen LogP) is 3.51.